The lowest BCUT2D eigenvalue weighted by Crippen LogP contribution is -2.25. The monoisotopic (exact) mass is 286 g/mol. The van der Waals surface area contributed by atoms with E-state index in [-0.39, 0.29) is 0 Å². The minimum absolute atomic E-state index is 0.413. The highest BCUT2D eigenvalue weighted by Gasteiger charge is 2.17. The normalized spacial score (nSPS) is 15.2. The van der Waals surface area contributed by atoms with Crippen molar-refractivity contribution >= 4 is 16.6 Å². The molecule has 0 amide bonds. The zero-order chi connectivity index (χ0) is 14.8. The lowest BCUT2D eigenvalue weighted by Gasteiger charge is -2.23. The third kappa shape index (κ3) is 2.75. The second-order valence-corrected chi connectivity index (χ2v) is 5.78. The first-order valence-corrected chi connectivity index (χ1v) is 7.64. The lowest BCUT2D eigenvalue weighted by atomic mass is 10.0. The van der Waals surface area contributed by atoms with Gasteiger partial charge in [-0.05, 0) is 35.9 Å². The highest BCUT2D eigenvalue weighted by Crippen LogP contribution is 2.36. The Morgan fingerprint density at radius 1 is 1.19 bits per heavy atom. The molecule has 2 aromatic rings. The van der Waals surface area contributed by atoms with Gasteiger partial charge in [-0.3, -0.25) is 0 Å². The maximum atomic E-state index is 5.68. The van der Waals surface area contributed by atoms with Gasteiger partial charge in [0.15, 0.2) is 11.5 Å². The summed E-state index contributed by atoms with van der Waals surface area (Å²) in [5.41, 5.74) is 0. The van der Waals surface area contributed by atoms with Crippen LogP contribution in [0.15, 0.2) is 24.4 Å². The summed E-state index contributed by atoms with van der Waals surface area (Å²) in [6.45, 7) is 7.86. The highest BCUT2D eigenvalue weighted by molar-refractivity contribution is 5.94. The van der Waals surface area contributed by atoms with Crippen LogP contribution in [-0.4, -0.2) is 24.2 Å². The summed E-state index contributed by atoms with van der Waals surface area (Å²) < 4.78 is 11.3. The fraction of sp³-hybridized carbons (Fsp3) is 0.471. The molecule has 1 atom stereocenters. The van der Waals surface area contributed by atoms with Crippen LogP contribution in [0.3, 0.4) is 0 Å². The van der Waals surface area contributed by atoms with Crippen molar-refractivity contribution in [3.05, 3.63) is 24.4 Å². The van der Waals surface area contributed by atoms with Crippen LogP contribution in [0, 0.1) is 5.92 Å². The third-order valence-electron chi connectivity index (χ3n) is 3.99. The summed E-state index contributed by atoms with van der Waals surface area (Å²) in [6.07, 6.45) is 2.91. The van der Waals surface area contributed by atoms with Crippen LogP contribution < -0.4 is 14.8 Å². The summed E-state index contributed by atoms with van der Waals surface area (Å²) in [6, 6.07) is 6.49. The Balaban J connectivity index is 2.02. The number of benzene rings is 1. The molecule has 0 saturated carbocycles. The molecule has 3 rings (SSSR count). The van der Waals surface area contributed by atoms with Crippen LogP contribution in [0.2, 0.25) is 0 Å². The van der Waals surface area contributed by atoms with E-state index in [1.54, 1.807) is 0 Å². The summed E-state index contributed by atoms with van der Waals surface area (Å²) in [5.74, 6) is 3.11. The predicted octanol–water partition coefficient (Wildman–Crippen LogP) is 3.85. The van der Waals surface area contributed by atoms with Crippen molar-refractivity contribution < 1.29 is 9.47 Å². The molecule has 0 aliphatic carbocycles. The Hall–Kier alpha value is -1.97. The summed E-state index contributed by atoms with van der Waals surface area (Å²) in [5, 5.41) is 5.78. The molecule has 0 saturated heterocycles. The highest BCUT2D eigenvalue weighted by atomic mass is 16.6. The maximum absolute atomic E-state index is 5.68. The summed E-state index contributed by atoms with van der Waals surface area (Å²) in [4.78, 5) is 4.52. The van der Waals surface area contributed by atoms with Gasteiger partial charge in [0, 0.05) is 17.6 Å². The fourth-order valence-electron chi connectivity index (χ4n) is 2.74. The topological polar surface area (TPSA) is 43.4 Å². The SMILES string of the molecule is CCC(Nc1nccc2cc3c(cc12)OCCO3)C(C)C. The number of hydrogen-bond donors (Lipinski definition) is 1. The van der Waals surface area contributed by atoms with E-state index >= 15 is 0 Å². The average Bonchev–Trinajstić information content (AvgIpc) is 2.50. The number of aromatic nitrogens is 1. The van der Waals surface area contributed by atoms with Gasteiger partial charge in [-0.1, -0.05) is 20.8 Å². The van der Waals surface area contributed by atoms with Crippen molar-refractivity contribution in [2.24, 2.45) is 5.92 Å². The number of pyridine rings is 1. The minimum Gasteiger partial charge on any atom is -0.486 e. The van der Waals surface area contributed by atoms with E-state index in [1.165, 1.54) is 0 Å². The quantitative estimate of drug-likeness (QED) is 0.927. The summed E-state index contributed by atoms with van der Waals surface area (Å²) >= 11 is 0. The molecule has 21 heavy (non-hydrogen) atoms. The van der Waals surface area contributed by atoms with Crippen LogP contribution in [0.1, 0.15) is 27.2 Å². The predicted molar refractivity (Wildman–Crippen MR) is 85.3 cm³/mol. The molecule has 1 aliphatic heterocycles. The molecule has 0 radical (unpaired) electrons. The van der Waals surface area contributed by atoms with Crippen LogP contribution >= 0.6 is 0 Å². The molecule has 1 unspecified atom stereocenters. The number of nitrogens with one attached hydrogen (secondary N) is 1. The van der Waals surface area contributed by atoms with Crippen molar-refractivity contribution in [1.82, 2.24) is 4.98 Å². The standard InChI is InChI=1S/C17H22N2O2/c1-4-14(11(2)3)19-17-13-10-16-15(20-7-8-21-16)9-12(13)5-6-18-17/h5-6,9-11,14H,4,7-8H2,1-3H3,(H,18,19). The second-order valence-electron chi connectivity index (χ2n) is 5.78. The summed E-state index contributed by atoms with van der Waals surface area (Å²) in [7, 11) is 0. The largest absolute Gasteiger partial charge is 0.486 e. The van der Waals surface area contributed by atoms with Crippen molar-refractivity contribution in [2.75, 3.05) is 18.5 Å². The molecule has 4 nitrogen and oxygen atoms in total. The van der Waals surface area contributed by atoms with E-state index in [0.717, 1.165) is 34.5 Å². The van der Waals surface area contributed by atoms with E-state index in [1.807, 2.05) is 24.4 Å². The number of anilines is 1. The minimum atomic E-state index is 0.413. The van der Waals surface area contributed by atoms with E-state index in [0.29, 0.717) is 25.2 Å². The molecule has 1 N–H and O–H groups in total. The van der Waals surface area contributed by atoms with Crippen molar-refractivity contribution in [3.63, 3.8) is 0 Å². The molecule has 0 bridgehead atoms. The molecular weight excluding hydrogens is 264 g/mol. The third-order valence-corrected chi connectivity index (χ3v) is 3.99. The Bertz CT molecular complexity index is 640. The zero-order valence-corrected chi connectivity index (χ0v) is 12.8. The zero-order valence-electron chi connectivity index (χ0n) is 12.8. The number of ether oxygens (including phenoxy) is 2. The lowest BCUT2D eigenvalue weighted by molar-refractivity contribution is 0.172. The van der Waals surface area contributed by atoms with Crippen LogP contribution in [0.4, 0.5) is 5.82 Å². The van der Waals surface area contributed by atoms with E-state index in [9.17, 15) is 0 Å². The second kappa shape index (κ2) is 5.80. The van der Waals surface area contributed by atoms with Gasteiger partial charge in [-0.2, -0.15) is 0 Å². The first-order chi connectivity index (χ1) is 10.2. The number of rotatable bonds is 4. The van der Waals surface area contributed by atoms with E-state index in [4.69, 9.17) is 9.47 Å². The molecule has 1 aliphatic rings. The van der Waals surface area contributed by atoms with Gasteiger partial charge in [0.2, 0.25) is 0 Å². The number of fused-ring (bicyclic) bond motifs is 2. The Kier molecular flexibility index (Phi) is 3.86. The van der Waals surface area contributed by atoms with Crippen LogP contribution in [0.25, 0.3) is 10.8 Å². The average molecular weight is 286 g/mol. The van der Waals surface area contributed by atoms with Crippen LogP contribution in [-0.2, 0) is 0 Å². The molecular formula is C17H22N2O2. The molecule has 0 fully saturated rings. The van der Waals surface area contributed by atoms with Crippen molar-refractivity contribution in [1.29, 1.82) is 0 Å². The Morgan fingerprint density at radius 3 is 2.57 bits per heavy atom. The van der Waals surface area contributed by atoms with Gasteiger partial charge in [0.25, 0.3) is 0 Å². The van der Waals surface area contributed by atoms with Gasteiger partial charge in [0.05, 0.1) is 0 Å². The number of hydrogen-bond acceptors (Lipinski definition) is 4. The molecule has 112 valence electrons. The van der Waals surface area contributed by atoms with Crippen molar-refractivity contribution in [2.45, 2.75) is 33.2 Å². The van der Waals surface area contributed by atoms with Crippen molar-refractivity contribution in [3.8, 4) is 11.5 Å². The Morgan fingerprint density at radius 2 is 1.90 bits per heavy atom. The molecule has 2 heterocycles. The first kappa shape index (κ1) is 14.0. The smallest absolute Gasteiger partial charge is 0.162 e. The molecule has 4 heteroatoms. The van der Waals surface area contributed by atoms with Gasteiger partial charge in [-0.25, -0.2) is 4.98 Å². The molecule has 0 spiro atoms. The molecule has 1 aromatic heterocycles. The fourth-order valence-corrected chi connectivity index (χ4v) is 2.74. The van der Waals surface area contributed by atoms with Gasteiger partial charge in [-0.15, -0.1) is 0 Å². The van der Waals surface area contributed by atoms with Gasteiger partial charge < -0.3 is 14.8 Å². The van der Waals surface area contributed by atoms with Gasteiger partial charge >= 0.3 is 0 Å². The number of nitrogens with zero attached hydrogens (tertiary/aromatic N) is 1. The maximum Gasteiger partial charge on any atom is 0.162 e. The Labute approximate surface area is 125 Å². The van der Waals surface area contributed by atoms with E-state index < -0.39 is 0 Å². The molecule has 1 aromatic carbocycles. The van der Waals surface area contributed by atoms with E-state index in [2.05, 4.69) is 31.1 Å². The first-order valence-electron chi connectivity index (χ1n) is 7.64. The van der Waals surface area contributed by atoms with Crippen LogP contribution in [0.5, 0.6) is 11.5 Å². The van der Waals surface area contributed by atoms with Gasteiger partial charge in [0.1, 0.15) is 19.0 Å².